The molecule has 0 saturated heterocycles. The van der Waals surface area contributed by atoms with Crippen molar-refractivity contribution in [2.75, 3.05) is 0 Å². The Balaban J connectivity index is 1.82. The van der Waals surface area contributed by atoms with Crippen molar-refractivity contribution in [3.8, 4) is 11.4 Å². The second-order valence-corrected chi connectivity index (χ2v) is 6.86. The summed E-state index contributed by atoms with van der Waals surface area (Å²) in [6.07, 6.45) is 0. The number of aromatic nitrogens is 3. The van der Waals surface area contributed by atoms with E-state index in [4.69, 9.17) is 0 Å². The summed E-state index contributed by atoms with van der Waals surface area (Å²) in [5, 5.41) is 8.90. The maximum Gasteiger partial charge on any atom is 0.192 e. The Hall–Kier alpha value is -2.47. The lowest BCUT2D eigenvalue weighted by molar-refractivity contribution is 0.0994. The molecular weight excluding hydrogens is 337 g/mol. The minimum atomic E-state index is -0.352. The van der Waals surface area contributed by atoms with Crippen LogP contribution in [0.1, 0.15) is 24.2 Å². The van der Waals surface area contributed by atoms with Crippen LogP contribution >= 0.6 is 11.8 Å². The molecule has 2 aromatic carbocycles. The molecule has 1 heterocycles. The fourth-order valence-electron chi connectivity index (χ4n) is 2.52. The number of Topliss-reactive ketones (excluding diaryl/α,β-unsaturated/α-hetero) is 1. The van der Waals surface area contributed by atoms with Gasteiger partial charge in [0.2, 0.25) is 0 Å². The third-order valence-electron chi connectivity index (χ3n) is 3.85. The second-order valence-electron chi connectivity index (χ2n) is 5.55. The van der Waals surface area contributed by atoms with Crippen molar-refractivity contribution in [2.45, 2.75) is 30.8 Å². The van der Waals surface area contributed by atoms with E-state index in [-0.39, 0.29) is 16.9 Å². The Labute approximate surface area is 150 Å². The number of benzene rings is 2. The molecule has 0 aliphatic heterocycles. The Morgan fingerprint density at radius 1 is 1.12 bits per heavy atom. The van der Waals surface area contributed by atoms with Gasteiger partial charge in [0, 0.05) is 17.7 Å². The van der Waals surface area contributed by atoms with E-state index in [1.54, 1.807) is 0 Å². The normalized spacial score (nSPS) is 12.1. The molecule has 25 heavy (non-hydrogen) atoms. The van der Waals surface area contributed by atoms with Gasteiger partial charge in [0.25, 0.3) is 0 Å². The Bertz CT molecular complexity index is 862. The standard InChI is InChI=1S/C19H18FN3OS/c1-3-23-18(15-7-5-4-6-8-15)21-22-19(23)25-13(2)17(24)14-9-11-16(20)12-10-14/h4-13H,3H2,1-2H3/t13-/m0/s1. The molecule has 0 aliphatic rings. The van der Waals surface area contributed by atoms with Crippen molar-refractivity contribution in [3.63, 3.8) is 0 Å². The Morgan fingerprint density at radius 2 is 1.80 bits per heavy atom. The van der Waals surface area contributed by atoms with E-state index in [1.807, 2.05) is 48.7 Å². The molecule has 4 nitrogen and oxygen atoms in total. The second kappa shape index (κ2) is 7.61. The van der Waals surface area contributed by atoms with Crippen LogP contribution in [-0.2, 0) is 6.54 Å². The largest absolute Gasteiger partial charge is 0.302 e. The van der Waals surface area contributed by atoms with Gasteiger partial charge < -0.3 is 4.57 Å². The molecule has 1 aromatic heterocycles. The van der Waals surface area contributed by atoms with Gasteiger partial charge in [0.1, 0.15) is 5.82 Å². The molecule has 3 rings (SSSR count). The molecule has 0 aliphatic carbocycles. The fourth-order valence-corrected chi connectivity index (χ4v) is 3.51. The highest BCUT2D eigenvalue weighted by Gasteiger charge is 2.21. The quantitative estimate of drug-likeness (QED) is 0.484. The summed E-state index contributed by atoms with van der Waals surface area (Å²) in [6, 6.07) is 15.4. The third kappa shape index (κ3) is 3.79. The summed E-state index contributed by atoms with van der Waals surface area (Å²) >= 11 is 1.36. The number of carbonyl (C=O) groups is 1. The van der Waals surface area contributed by atoms with Crippen molar-refractivity contribution < 1.29 is 9.18 Å². The van der Waals surface area contributed by atoms with Crippen molar-refractivity contribution >= 4 is 17.5 Å². The number of carbonyl (C=O) groups excluding carboxylic acids is 1. The molecular formula is C19H18FN3OS. The van der Waals surface area contributed by atoms with Crippen molar-refractivity contribution in [3.05, 3.63) is 66.0 Å². The van der Waals surface area contributed by atoms with Gasteiger partial charge in [-0.2, -0.15) is 0 Å². The summed E-state index contributed by atoms with van der Waals surface area (Å²) in [6.45, 7) is 4.55. The minimum absolute atomic E-state index is 0.0584. The number of hydrogen-bond acceptors (Lipinski definition) is 4. The lowest BCUT2D eigenvalue weighted by Gasteiger charge is -2.11. The first-order valence-corrected chi connectivity index (χ1v) is 8.93. The van der Waals surface area contributed by atoms with E-state index in [0.717, 1.165) is 11.4 Å². The predicted octanol–water partition coefficient (Wildman–Crippen LogP) is 4.47. The molecule has 0 unspecified atom stereocenters. The van der Waals surface area contributed by atoms with Crippen LogP contribution in [0.4, 0.5) is 4.39 Å². The zero-order chi connectivity index (χ0) is 17.8. The highest BCUT2D eigenvalue weighted by molar-refractivity contribution is 8.00. The van der Waals surface area contributed by atoms with Crippen LogP contribution in [0.5, 0.6) is 0 Å². The number of thioether (sulfide) groups is 1. The van der Waals surface area contributed by atoms with Crippen LogP contribution in [0.3, 0.4) is 0 Å². The third-order valence-corrected chi connectivity index (χ3v) is 4.93. The molecule has 0 spiro atoms. The first-order valence-electron chi connectivity index (χ1n) is 8.05. The highest BCUT2D eigenvalue weighted by Crippen LogP contribution is 2.28. The smallest absolute Gasteiger partial charge is 0.192 e. The Kier molecular flexibility index (Phi) is 5.28. The molecule has 0 bridgehead atoms. The van der Waals surface area contributed by atoms with Gasteiger partial charge >= 0.3 is 0 Å². The number of nitrogens with zero attached hydrogens (tertiary/aromatic N) is 3. The number of halogens is 1. The number of rotatable bonds is 6. The van der Waals surface area contributed by atoms with Crippen molar-refractivity contribution in [1.29, 1.82) is 0 Å². The molecule has 3 aromatic rings. The molecule has 0 fully saturated rings. The van der Waals surface area contributed by atoms with Crippen LogP contribution in [0, 0.1) is 5.82 Å². The average molecular weight is 355 g/mol. The highest BCUT2D eigenvalue weighted by atomic mass is 32.2. The zero-order valence-corrected chi connectivity index (χ0v) is 14.8. The van der Waals surface area contributed by atoms with Crippen LogP contribution in [0.15, 0.2) is 59.8 Å². The van der Waals surface area contributed by atoms with Gasteiger partial charge in [-0.25, -0.2) is 4.39 Å². The summed E-state index contributed by atoms with van der Waals surface area (Å²) in [7, 11) is 0. The topological polar surface area (TPSA) is 47.8 Å². The van der Waals surface area contributed by atoms with E-state index in [0.29, 0.717) is 17.3 Å². The van der Waals surface area contributed by atoms with Gasteiger partial charge in [0.05, 0.1) is 5.25 Å². The van der Waals surface area contributed by atoms with Crippen molar-refractivity contribution in [2.24, 2.45) is 0 Å². The van der Waals surface area contributed by atoms with Gasteiger partial charge in [0.15, 0.2) is 16.8 Å². The van der Waals surface area contributed by atoms with E-state index in [9.17, 15) is 9.18 Å². The molecule has 128 valence electrons. The number of hydrogen-bond donors (Lipinski definition) is 0. The monoisotopic (exact) mass is 355 g/mol. The van der Waals surface area contributed by atoms with E-state index < -0.39 is 0 Å². The molecule has 0 radical (unpaired) electrons. The lowest BCUT2D eigenvalue weighted by Crippen LogP contribution is -2.14. The fraction of sp³-hybridized carbons (Fsp3) is 0.211. The van der Waals surface area contributed by atoms with Gasteiger partial charge in [-0.1, -0.05) is 42.1 Å². The maximum atomic E-state index is 13.0. The van der Waals surface area contributed by atoms with Gasteiger partial charge in [-0.3, -0.25) is 4.79 Å². The minimum Gasteiger partial charge on any atom is -0.302 e. The summed E-state index contributed by atoms with van der Waals surface area (Å²) in [5.74, 6) is 0.374. The molecule has 0 amide bonds. The summed E-state index contributed by atoms with van der Waals surface area (Å²) in [5.41, 5.74) is 1.48. The van der Waals surface area contributed by atoms with Gasteiger partial charge in [-0.05, 0) is 38.1 Å². The van der Waals surface area contributed by atoms with Crippen molar-refractivity contribution in [1.82, 2.24) is 14.8 Å². The number of ketones is 1. The summed E-state index contributed by atoms with van der Waals surface area (Å²) < 4.78 is 15.0. The molecule has 6 heteroatoms. The molecule has 0 saturated carbocycles. The summed E-state index contributed by atoms with van der Waals surface area (Å²) in [4.78, 5) is 12.5. The van der Waals surface area contributed by atoms with Gasteiger partial charge in [-0.15, -0.1) is 10.2 Å². The van der Waals surface area contributed by atoms with Crippen LogP contribution in [0.25, 0.3) is 11.4 Å². The predicted molar refractivity (Wildman–Crippen MR) is 97.2 cm³/mol. The SMILES string of the molecule is CCn1c(S[C@@H](C)C(=O)c2ccc(F)cc2)nnc1-c1ccccc1. The van der Waals surface area contributed by atoms with E-state index >= 15 is 0 Å². The molecule has 0 N–H and O–H groups in total. The van der Waals surface area contributed by atoms with Crippen LogP contribution in [0.2, 0.25) is 0 Å². The molecule has 1 atom stereocenters. The zero-order valence-electron chi connectivity index (χ0n) is 14.0. The average Bonchev–Trinajstić information content (AvgIpc) is 3.05. The maximum absolute atomic E-state index is 13.0. The first kappa shape index (κ1) is 17.4. The first-order chi connectivity index (χ1) is 12.1. The van der Waals surface area contributed by atoms with Crippen LogP contribution < -0.4 is 0 Å². The lowest BCUT2D eigenvalue weighted by atomic mass is 10.1. The van der Waals surface area contributed by atoms with Crippen LogP contribution in [-0.4, -0.2) is 25.8 Å². The Morgan fingerprint density at radius 3 is 2.44 bits per heavy atom. The van der Waals surface area contributed by atoms with E-state index in [2.05, 4.69) is 10.2 Å². The van der Waals surface area contributed by atoms with E-state index in [1.165, 1.54) is 36.0 Å².